The molecule has 0 bridgehead atoms. The van der Waals surface area contributed by atoms with Gasteiger partial charge in [-0.05, 0) is 49.7 Å². The number of aryl methyl sites for hydroxylation is 2. The summed E-state index contributed by atoms with van der Waals surface area (Å²) in [5.74, 6) is 1.34. The van der Waals surface area contributed by atoms with Crippen molar-refractivity contribution in [3.8, 4) is 11.5 Å². The van der Waals surface area contributed by atoms with Crippen molar-refractivity contribution < 1.29 is 9.53 Å². The maximum absolute atomic E-state index is 12.1. The zero-order chi connectivity index (χ0) is 18.4. The predicted molar refractivity (Wildman–Crippen MR) is 102 cm³/mol. The molecule has 6 nitrogen and oxygen atoms in total. The average molecular weight is 348 g/mol. The molecule has 0 aliphatic heterocycles. The molecule has 26 heavy (non-hydrogen) atoms. The number of carbonyl (C=O) groups excluding carboxylic acids is 1. The second kappa shape index (κ2) is 8.02. The number of ether oxygens (including phenoxy) is 1. The molecule has 3 aromatic rings. The van der Waals surface area contributed by atoms with Crippen LogP contribution in [0.3, 0.4) is 0 Å². The minimum absolute atomic E-state index is 0.350. The van der Waals surface area contributed by atoms with E-state index in [4.69, 9.17) is 4.74 Å². The highest BCUT2D eigenvalue weighted by Crippen LogP contribution is 2.23. The van der Waals surface area contributed by atoms with Crippen LogP contribution in [0, 0.1) is 13.8 Å². The third kappa shape index (κ3) is 4.73. The normalized spacial score (nSPS) is 10.1. The molecule has 0 spiro atoms. The van der Waals surface area contributed by atoms with Crippen LogP contribution >= 0.6 is 0 Å². The number of aromatic nitrogens is 1. The molecule has 0 aliphatic carbocycles. The Morgan fingerprint density at radius 3 is 2.54 bits per heavy atom. The van der Waals surface area contributed by atoms with Gasteiger partial charge in [-0.1, -0.05) is 23.8 Å². The van der Waals surface area contributed by atoms with E-state index >= 15 is 0 Å². The van der Waals surface area contributed by atoms with Crippen molar-refractivity contribution in [2.24, 2.45) is 0 Å². The molecule has 0 atom stereocenters. The zero-order valence-electron chi connectivity index (χ0n) is 14.6. The number of anilines is 2. The molecule has 3 rings (SSSR count). The summed E-state index contributed by atoms with van der Waals surface area (Å²) in [5.41, 5.74) is 9.11. The van der Waals surface area contributed by atoms with Crippen LogP contribution in [0.4, 0.5) is 16.2 Å². The number of benzene rings is 2. The summed E-state index contributed by atoms with van der Waals surface area (Å²) >= 11 is 0. The van der Waals surface area contributed by atoms with Crippen molar-refractivity contribution >= 4 is 17.4 Å². The molecule has 2 amide bonds. The van der Waals surface area contributed by atoms with Gasteiger partial charge in [0.05, 0.1) is 5.69 Å². The number of hydrazine groups is 1. The summed E-state index contributed by atoms with van der Waals surface area (Å²) in [7, 11) is 0. The number of amides is 2. The predicted octanol–water partition coefficient (Wildman–Crippen LogP) is 4.64. The van der Waals surface area contributed by atoms with Crippen LogP contribution < -0.4 is 20.9 Å². The number of rotatable bonds is 5. The molecule has 0 aliphatic rings. The highest BCUT2D eigenvalue weighted by Gasteiger charge is 2.05. The number of nitrogens with one attached hydrogen (secondary N) is 3. The van der Waals surface area contributed by atoms with Gasteiger partial charge < -0.3 is 10.1 Å². The van der Waals surface area contributed by atoms with Crippen LogP contribution in [0.5, 0.6) is 11.5 Å². The van der Waals surface area contributed by atoms with E-state index in [-0.39, 0.29) is 6.03 Å². The smallest absolute Gasteiger partial charge is 0.337 e. The third-order valence-corrected chi connectivity index (χ3v) is 3.67. The summed E-state index contributed by atoms with van der Waals surface area (Å²) in [6.07, 6.45) is 3.33. The summed E-state index contributed by atoms with van der Waals surface area (Å²) < 4.78 is 5.74. The Morgan fingerprint density at radius 2 is 1.77 bits per heavy atom. The SMILES string of the molecule is Cc1ccc(NC(=O)NNc2cccc(Oc3ccncc3)c2)c(C)c1. The van der Waals surface area contributed by atoms with E-state index in [0.29, 0.717) is 17.2 Å². The van der Waals surface area contributed by atoms with Crippen LogP contribution in [-0.4, -0.2) is 11.0 Å². The van der Waals surface area contributed by atoms with Crippen LogP contribution in [0.15, 0.2) is 67.0 Å². The lowest BCUT2D eigenvalue weighted by atomic mass is 10.1. The molecule has 3 N–H and O–H groups in total. The standard InChI is InChI=1S/C20H20N4O2/c1-14-6-7-19(15(2)12-14)22-20(25)24-23-16-4-3-5-18(13-16)26-17-8-10-21-11-9-17/h3-13,23H,1-2H3,(H2,22,24,25). The molecule has 1 aromatic heterocycles. The van der Waals surface area contributed by atoms with Crippen LogP contribution in [0.1, 0.15) is 11.1 Å². The third-order valence-electron chi connectivity index (χ3n) is 3.67. The Balaban J connectivity index is 1.57. The topological polar surface area (TPSA) is 75.3 Å². The van der Waals surface area contributed by atoms with Gasteiger partial charge in [0.1, 0.15) is 11.5 Å². The number of pyridine rings is 1. The Labute approximate surface area is 152 Å². The summed E-state index contributed by atoms with van der Waals surface area (Å²) in [6, 6.07) is 16.3. The average Bonchev–Trinajstić information content (AvgIpc) is 2.64. The molecule has 0 saturated heterocycles. The fraction of sp³-hybridized carbons (Fsp3) is 0.100. The Kier molecular flexibility index (Phi) is 5.34. The minimum Gasteiger partial charge on any atom is -0.457 e. The number of urea groups is 1. The summed E-state index contributed by atoms with van der Waals surface area (Å²) in [5, 5.41) is 2.81. The first kappa shape index (κ1) is 17.3. The molecule has 0 fully saturated rings. The van der Waals surface area contributed by atoms with Crippen LogP contribution in [-0.2, 0) is 0 Å². The minimum atomic E-state index is -0.350. The first-order valence-electron chi connectivity index (χ1n) is 8.18. The first-order valence-corrected chi connectivity index (χ1v) is 8.18. The maximum Gasteiger partial charge on any atom is 0.337 e. The van der Waals surface area contributed by atoms with E-state index in [1.54, 1.807) is 30.6 Å². The Bertz CT molecular complexity index is 897. The van der Waals surface area contributed by atoms with E-state index in [2.05, 4.69) is 21.2 Å². The van der Waals surface area contributed by atoms with Crippen molar-refractivity contribution in [3.63, 3.8) is 0 Å². The Hall–Kier alpha value is -3.54. The molecule has 1 heterocycles. The lowest BCUT2D eigenvalue weighted by Gasteiger charge is -2.13. The zero-order valence-corrected chi connectivity index (χ0v) is 14.6. The van der Waals surface area contributed by atoms with E-state index in [1.807, 2.05) is 50.2 Å². The van der Waals surface area contributed by atoms with Crippen molar-refractivity contribution in [1.29, 1.82) is 0 Å². The second-order valence-electron chi connectivity index (χ2n) is 5.84. The van der Waals surface area contributed by atoms with Crippen molar-refractivity contribution in [1.82, 2.24) is 10.4 Å². The van der Waals surface area contributed by atoms with Gasteiger partial charge in [-0.2, -0.15) is 0 Å². The number of hydrogen-bond acceptors (Lipinski definition) is 4. The molecule has 132 valence electrons. The highest BCUT2D eigenvalue weighted by atomic mass is 16.5. The molecule has 6 heteroatoms. The van der Waals surface area contributed by atoms with Gasteiger partial charge in [-0.25, -0.2) is 4.79 Å². The fourth-order valence-electron chi connectivity index (χ4n) is 2.42. The van der Waals surface area contributed by atoms with Gasteiger partial charge in [0.15, 0.2) is 0 Å². The van der Waals surface area contributed by atoms with Crippen LogP contribution in [0.2, 0.25) is 0 Å². The van der Waals surface area contributed by atoms with Gasteiger partial charge in [-0.15, -0.1) is 0 Å². The van der Waals surface area contributed by atoms with Crippen molar-refractivity contribution in [2.75, 3.05) is 10.7 Å². The summed E-state index contributed by atoms with van der Waals surface area (Å²) in [6.45, 7) is 3.97. The van der Waals surface area contributed by atoms with E-state index in [0.717, 1.165) is 16.8 Å². The van der Waals surface area contributed by atoms with Gasteiger partial charge >= 0.3 is 6.03 Å². The monoisotopic (exact) mass is 348 g/mol. The molecule has 0 unspecified atom stereocenters. The molecular formula is C20H20N4O2. The highest BCUT2D eigenvalue weighted by molar-refractivity contribution is 5.90. The largest absolute Gasteiger partial charge is 0.457 e. The van der Waals surface area contributed by atoms with E-state index in [9.17, 15) is 4.79 Å². The second-order valence-corrected chi connectivity index (χ2v) is 5.84. The van der Waals surface area contributed by atoms with Crippen molar-refractivity contribution in [2.45, 2.75) is 13.8 Å². The van der Waals surface area contributed by atoms with E-state index < -0.39 is 0 Å². The number of nitrogens with zero attached hydrogens (tertiary/aromatic N) is 1. The fourth-order valence-corrected chi connectivity index (χ4v) is 2.42. The molecule has 0 saturated carbocycles. The van der Waals surface area contributed by atoms with E-state index in [1.165, 1.54) is 0 Å². The quantitative estimate of drug-likeness (QED) is 0.587. The van der Waals surface area contributed by atoms with Gasteiger partial charge in [-0.3, -0.25) is 15.8 Å². The number of carbonyl (C=O) groups is 1. The van der Waals surface area contributed by atoms with Crippen molar-refractivity contribution in [3.05, 3.63) is 78.1 Å². The lowest BCUT2D eigenvalue weighted by Crippen LogP contribution is -2.33. The molecular weight excluding hydrogens is 328 g/mol. The molecule has 0 radical (unpaired) electrons. The van der Waals surface area contributed by atoms with Gasteiger partial charge in [0.2, 0.25) is 0 Å². The summed E-state index contributed by atoms with van der Waals surface area (Å²) in [4.78, 5) is 16.0. The van der Waals surface area contributed by atoms with Gasteiger partial charge in [0, 0.05) is 24.1 Å². The number of hydrogen-bond donors (Lipinski definition) is 3. The first-order chi connectivity index (χ1) is 12.6. The molecule has 2 aromatic carbocycles. The maximum atomic E-state index is 12.1. The van der Waals surface area contributed by atoms with Gasteiger partial charge in [0.25, 0.3) is 0 Å². The Morgan fingerprint density at radius 1 is 0.962 bits per heavy atom. The van der Waals surface area contributed by atoms with Crippen LogP contribution in [0.25, 0.3) is 0 Å². The lowest BCUT2D eigenvalue weighted by molar-refractivity contribution is 0.254.